The number of hydrogen-bond donors (Lipinski definition) is 2. The number of nitro groups is 1. The van der Waals surface area contributed by atoms with Gasteiger partial charge in [0, 0.05) is 18.4 Å². The smallest absolute Gasteiger partial charge is 0.282 e. The first kappa shape index (κ1) is 16.6. The molecule has 2 N–H and O–H groups in total. The van der Waals surface area contributed by atoms with E-state index in [0.29, 0.717) is 24.1 Å². The number of aliphatic hydroxyl groups excluding tert-OH is 1. The van der Waals surface area contributed by atoms with Gasteiger partial charge in [0.1, 0.15) is 5.56 Å². The van der Waals surface area contributed by atoms with Gasteiger partial charge >= 0.3 is 0 Å². The second-order valence-electron chi connectivity index (χ2n) is 5.21. The van der Waals surface area contributed by atoms with Gasteiger partial charge in [-0.25, -0.2) is 0 Å². The number of nitro benzene ring substituents is 1. The molecule has 6 nitrogen and oxygen atoms in total. The molecule has 0 fully saturated rings. The first-order chi connectivity index (χ1) is 11.0. The van der Waals surface area contributed by atoms with Crippen molar-refractivity contribution >= 4 is 17.3 Å². The van der Waals surface area contributed by atoms with E-state index in [1.54, 1.807) is 37.3 Å². The molecular weight excluding hydrogens is 296 g/mol. The molecule has 2 aromatic rings. The van der Waals surface area contributed by atoms with Crippen molar-refractivity contribution in [3.05, 3.63) is 69.3 Å². The maximum Gasteiger partial charge on any atom is 0.282 e. The molecule has 0 radical (unpaired) electrons. The molecule has 0 aliphatic heterocycles. The minimum atomic E-state index is -0.556. The van der Waals surface area contributed by atoms with Gasteiger partial charge in [-0.15, -0.1) is 0 Å². The normalized spacial score (nSPS) is 10.3. The zero-order valence-corrected chi connectivity index (χ0v) is 12.8. The molecule has 0 aliphatic carbocycles. The average molecular weight is 314 g/mol. The lowest BCUT2D eigenvalue weighted by Gasteiger charge is -2.09. The van der Waals surface area contributed by atoms with Gasteiger partial charge in [0.25, 0.3) is 11.6 Å². The van der Waals surface area contributed by atoms with Gasteiger partial charge in [0.05, 0.1) is 4.92 Å². The van der Waals surface area contributed by atoms with Crippen LogP contribution in [0.2, 0.25) is 0 Å². The van der Waals surface area contributed by atoms with E-state index in [2.05, 4.69) is 5.32 Å². The van der Waals surface area contributed by atoms with E-state index in [0.717, 1.165) is 5.56 Å². The molecule has 0 spiro atoms. The molecule has 0 saturated heterocycles. The summed E-state index contributed by atoms with van der Waals surface area (Å²) in [6.07, 6.45) is 1.34. The monoisotopic (exact) mass is 314 g/mol. The number of benzene rings is 2. The summed E-state index contributed by atoms with van der Waals surface area (Å²) in [4.78, 5) is 23.0. The summed E-state index contributed by atoms with van der Waals surface area (Å²) in [5.74, 6) is -0.505. The Labute approximate surface area is 133 Å². The van der Waals surface area contributed by atoms with Gasteiger partial charge in [0.2, 0.25) is 0 Å². The van der Waals surface area contributed by atoms with Crippen LogP contribution in [-0.4, -0.2) is 22.5 Å². The quantitative estimate of drug-likeness (QED) is 0.633. The minimum Gasteiger partial charge on any atom is -0.396 e. The number of hydrogen-bond acceptors (Lipinski definition) is 4. The first-order valence-corrected chi connectivity index (χ1v) is 7.28. The molecule has 0 heterocycles. The second-order valence-corrected chi connectivity index (χ2v) is 5.21. The molecule has 1 amide bonds. The van der Waals surface area contributed by atoms with Crippen LogP contribution in [0.1, 0.15) is 27.9 Å². The largest absolute Gasteiger partial charge is 0.396 e. The number of carbonyl (C=O) groups is 1. The SMILES string of the molecule is Cc1cccc([N+](=O)[O-])c1C(=O)Nc1cccc(CCCO)c1. The summed E-state index contributed by atoms with van der Waals surface area (Å²) in [7, 11) is 0. The average Bonchev–Trinajstić information content (AvgIpc) is 2.52. The Morgan fingerprint density at radius 1 is 1.26 bits per heavy atom. The van der Waals surface area contributed by atoms with Crippen LogP contribution in [0.4, 0.5) is 11.4 Å². The predicted molar refractivity (Wildman–Crippen MR) is 87.6 cm³/mol. The van der Waals surface area contributed by atoms with E-state index in [1.165, 1.54) is 6.07 Å². The molecule has 0 aromatic heterocycles. The molecule has 2 aromatic carbocycles. The van der Waals surface area contributed by atoms with Gasteiger partial charge in [-0.05, 0) is 43.0 Å². The minimum absolute atomic E-state index is 0.0678. The van der Waals surface area contributed by atoms with Gasteiger partial charge in [-0.2, -0.15) is 0 Å². The molecular formula is C17H18N2O4. The standard InChI is InChI=1S/C17H18N2O4/c1-12-5-2-9-15(19(22)23)16(12)17(21)18-14-8-3-6-13(11-14)7-4-10-20/h2-3,5-6,8-9,11,20H,4,7,10H2,1H3,(H,18,21). The van der Waals surface area contributed by atoms with Crippen LogP contribution in [0.15, 0.2) is 42.5 Å². The van der Waals surface area contributed by atoms with E-state index >= 15 is 0 Å². The third kappa shape index (κ3) is 4.14. The molecule has 120 valence electrons. The maximum atomic E-state index is 12.4. The van der Waals surface area contributed by atoms with Crippen molar-refractivity contribution in [1.29, 1.82) is 0 Å². The highest BCUT2D eigenvalue weighted by Crippen LogP contribution is 2.23. The summed E-state index contributed by atoms with van der Waals surface area (Å²) < 4.78 is 0. The van der Waals surface area contributed by atoms with Crippen LogP contribution in [-0.2, 0) is 6.42 Å². The lowest BCUT2D eigenvalue weighted by Crippen LogP contribution is -2.15. The fourth-order valence-corrected chi connectivity index (χ4v) is 2.38. The molecule has 0 unspecified atom stereocenters. The van der Waals surface area contributed by atoms with Crippen molar-refractivity contribution in [2.75, 3.05) is 11.9 Å². The van der Waals surface area contributed by atoms with E-state index in [1.807, 2.05) is 6.07 Å². The Bertz CT molecular complexity index is 728. The molecule has 0 aliphatic rings. The van der Waals surface area contributed by atoms with Gasteiger partial charge in [0.15, 0.2) is 0 Å². The Balaban J connectivity index is 2.25. The summed E-state index contributed by atoms with van der Waals surface area (Å²) in [5, 5.41) is 22.7. The number of nitrogens with one attached hydrogen (secondary N) is 1. The highest BCUT2D eigenvalue weighted by atomic mass is 16.6. The fourth-order valence-electron chi connectivity index (χ4n) is 2.38. The van der Waals surface area contributed by atoms with Crippen LogP contribution in [0.25, 0.3) is 0 Å². The van der Waals surface area contributed by atoms with Gasteiger partial charge in [-0.1, -0.05) is 24.3 Å². The van der Waals surface area contributed by atoms with Crippen molar-refractivity contribution in [2.24, 2.45) is 0 Å². The summed E-state index contributed by atoms with van der Waals surface area (Å²) in [5.41, 5.74) is 1.96. The van der Waals surface area contributed by atoms with Crippen molar-refractivity contribution in [3.63, 3.8) is 0 Å². The highest BCUT2D eigenvalue weighted by Gasteiger charge is 2.22. The number of carbonyl (C=O) groups excluding carboxylic acids is 1. The number of nitrogens with zero attached hydrogens (tertiary/aromatic N) is 1. The number of amides is 1. The van der Waals surface area contributed by atoms with Gasteiger partial charge in [-0.3, -0.25) is 14.9 Å². The number of rotatable bonds is 6. The summed E-state index contributed by atoms with van der Waals surface area (Å²) in [6.45, 7) is 1.77. The zero-order chi connectivity index (χ0) is 16.8. The fraction of sp³-hybridized carbons (Fsp3) is 0.235. The lowest BCUT2D eigenvalue weighted by atomic mass is 10.1. The van der Waals surface area contributed by atoms with Crippen LogP contribution in [0.5, 0.6) is 0 Å². The van der Waals surface area contributed by atoms with E-state index in [4.69, 9.17) is 5.11 Å². The van der Waals surface area contributed by atoms with Crippen molar-refractivity contribution in [3.8, 4) is 0 Å². The maximum absolute atomic E-state index is 12.4. The number of aryl methyl sites for hydroxylation is 2. The molecule has 0 bridgehead atoms. The van der Waals surface area contributed by atoms with Crippen LogP contribution in [0, 0.1) is 17.0 Å². The van der Waals surface area contributed by atoms with Gasteiger partial charge < -0.3 is 10.4 Å². The molecule has 23 heavy (non-hydrogen) atoms. The molecule has 0 saturated carbocycles. The molecule has 6 heteroatoms. The third-order valence-electron chi connectivity index (χ3n) is 3.48. The Morgan fingerprint density at radius 3 is 2.70 bits per heavy atom. The Morgan fingerprint density at radius 2 is 2.00 bits per heavy atom. The number of anilines is 1. The van der Waals surface area contributed by atoms with E-state index < -0.39 is 10.8 Å². The van der Waals surface area contributed by atoms with Crippen molar-refractivity contribution < 1.29 is 14.8 Å². The number of aliphatic hydroxyl groups is 1. The van der Waals surface area contributed by atoms with Crippen LogP contribution < -0.4 is 5.32 Å². The van der Waals surface area contributed by atoms with Crippen LogP contribution >= 0.6 is 0 Å². The zero-order valence-electron chi connectivity index (χ0n) is 12.8. The highest BCUT2D eigenvalue weighted by molar-refractivity contribution is 6.08. The summed E-state index contributed by atoms with van der Waals surface area (Å²) in [6, 6.07) is 11.8. The third-order valence-corrected chi connectivity index (χ3v) is 3.48. The van der Waals surface area contributed by atoms with Crippen molar-refractivity contribution in [2.45, 2.75) is 19.8 Å². The van der Waals surface area contributed by atoms with E-state index in [9.17, 15) is 14.9 Å². The van der Waals surface area contributed by atoms with E-state index in [-0.39, 0.29) is 17.9 Å². The summed E-state index contributed by atoms with van der Waals surface area (Å²) >= 11 is 0. The Hall–Kier alpha value is -2.73. The second kappa shape index (κ2) is 7.51. The Kier molecular flexibility index (Phi) is 5.43. The first-order valence-electron chi connectivity index (χ1n) is 7.28. The lowest BCUT2D eigenvalue weighted by molar-refractivity contribution is -0.385. The molecule has 2 rings (SSSR count). The predicted octanol–water partition coefficient (Wildman–Crippen LogP) is 3.08. The molecule has 0 atom stereocenters. The van der Waals surface area contributed by atoms with Crippen molar-refractivity contribution in [1.82, 2.24) is 0 Å². The topological polar surface area (TPSA) is 92.5 Å². The van der Waals surface area contributed by atoms with Crippen LogP contribution in [0.3, 0.4) is 0 Å².